The Hall–Kier alpha value is -2.18. The molecule has 0 spiro atoms. The highest BCUT2D eigenvalue weighted by atomic mass is 16.5. The first-order valence-electron chi connectivity index (χ1n) is 13.3. The molecule has 4 fully saturated rings. The monoisotopic (exact) mass is 482 g/mol. The minimum atomic E-state index is -0.608. The Morgan fingerprint density at radius 2 is 1.97 bits per heavy atom. The van der Waals surface area contributed by atoms with Crippen LogP contribution in [0.4, 0.5) is 0 Å². The van der Waals surface area contributed by atoms with Gasteiger partial charge in [0.2, 0.25) is 0 Å². The SMILES string of the molecule is C[C@]12CC[C@H](OCC(CN=[N+]=[N-])N=[N+]=[N-])C[C@H]1CC[C@@H]1[C@@H]2CC[C@]2(C)[C@@H](c3ccoc3)CC[C@]12O. The molecule has 1 unspecified atom stereocenters. The van der Waals surface area contributed by atoms with Crippen molar-refractivity contribution in [3.63, 3.8) is 0 Å². The summed E-state index contributed by atoms with van der Waals surface area (Å²) in [6, 6.07) is 1.63. The Bertz CT molecular complexity index is 1000. The van der Waals surface area contributed by atoms with Gasteiger partial charge in [-0.3, -0.25) is 0 Å². The van der Waals surface area contributed by atoms with Crippen LogP contribution in [-0.2, 0) is 4.74 Å². The van der Waals surface area contributed by atoms with Crippen LogP contribution in [0.15, 0.2) is 33.2 Å². The molecule has 4 saturated carbocycles. The highest BCUT2D eigenvalue weighted by Gasteiger charge is 2.67. The predicted molar refractivity (Wildman–Crippen MR) is 131 cm³/mol. The van der Waals surface area contributed by atoms with E-state index in [9.17, 15) is 5.11 Å². The Morgan fingerprint density at radius 3 is 2.71 bits per heavy atom. The fourth-order valence-corrected chi connectivity index (χ4v) is 8.92. The molecule has 9 heteroatoms. The summed E-state index contributed by atoms with van der Waals surface area (Å²) in [6.07, 6.45) is 13.3. The predicted octanol–water partition coefficient (Wildman–Crippen LogP) is 6.90. The van der Waals surface area contributed by atoms with Gasteiger partial charge < -0.3 is 14.3 Å². The number of fused-ring (bicyclic) bond motifs is 5. The topological polar surface area (TPSA) is 140 Å². The van der Waals surface area contributed by atoms with Gasteiger partial charge in [-0.2, -0.15) is 0 Å². The van der Waals surface area contributed by atoms with Gasteiger partial charge in [0.05, 0.1) is 36.9 Å². The normalized spacial score (nSPS) is 43.1. The van der Waals surface area contributed by atoms with Gasteiger partial charge in [0, 0.05) is 21.8 Å². The van der Waals surface area contributed by atoms with E-state index in [2.05, 4.69) is 40.0 Å². The third kappa shape index (κ3) is 3.93. The number of hydrogen-bond donors (Lipinski definition) is 1. The van der Waals surface area contributed by atoms with Crippen LogP contribution < -0.4 is 0 Å². The molecule has 1 heterocycles. The smallest absolute Gasteiger partial charge is 0.0937 e. The summed E-state index contributed by atoms with van der Waals surface area (Å²) in [7, 11) is 0. The summed E-state index contributed by atoms with van der Waals surface area (Å²) in [5, 5.41) is 19.6. The second-order valence-electron chi connectivity index (χ2n) is 12.0. The zero-order valence-electron chi connectivity index (χ0n) is 20.9. The number of nitrogens with zero attached hydrogens (tertiary/aromatic N) is 6. The molecule has 9 nitrogen and oxygen atoms in total. The largest absolute Gasteiger partial charge is 0.472 e. The molecule has 0 amide bonds. The van der Waals surface area contributed by atoms with Gasteiger partial charge in [-0.05, 0) is 110 Å². The van der Waals surface area contributed by atoms with E-state index in [-0.39, 0.29) is 30.1 Å². The number of azide groups is 2. The lowest BCUT2D eigenvalue weighted by atomic mass is 9.43. The van der Waals surface area contributed by atoms with Gasteiger partial charge in [0.15, 0.2) is 0 Å². The van der Waals surface area contributed by atoms with E-state index in [1.54, 1.807) is 6.26 Å². The van der Waals surface area contributed by atoms with Crippen molar-refractivity contribution in [3.8, 4) is 0 Å². The summed E-state index contributed by atoms with van der Waals surface area (Å²) < 4.78 is 11.6. The maximum atomic E-state index is 12.3. The average molecular weight is 483 g/mol. The molecule has 1 aromatic rings. The fraction of sp³-hybridized carbons (Fsp3) is 0.846. The van der Waals surface area contributed by atoms with Crippen molar-refractivity contribution in [2.75, 3.05) is 13.2 Å². The van der Waals surface area contributed by atoms with Crippen LogP contribution in [0, 0.1) is 28.6 Å². The zero-order valence-corrected chi connectivity index (χ0v) is 20.9. The minimum absolute atomic E-state index is 0.0935. The molecule has 1 N–H and O–H groups in total. The Morgan fingerprint density at radius 1 is 1.11 bits per heavy atom. The Balaban J connectivity index is 1.27. The molecule has 0 aromatic carbocycles. The molecule has 9 atom stereocenters. The van der Waals surface area contributed by atoms with Crippen LogP contribution >= 0.6 is 0 Å². The lowest BCUT2D eigenvalue weighted by molar-refractivity contribution is -0.207. The van der Waals surface area contributed by atoms with Gasteiger partial charge in [0.25, 0.3) is 0 Å². The van der Waals surface area contributed by atoms with E-state index in [1.165, 1.54) is 12.0 Å². The second kappa shape index (κ2) is 9.36. The molecule has 35 heavy (non-hydrogen) atoms. The molecular formula is C26H38N6O3. The lowest BCUT2D eigenvalue weighted by Crippen LogP contribution is -2.62. The van der Waals surface area contributed by atoms with E-state index in [0.29, 0.717) is 23.7 Å². The van der Waals surface area contributed by atoms with E-state index < -0.39 is 11.6 Å². The van der Waals surface area contributed by atoms with Crippen LogP contribution in [0.5, 0.6) is 0 Å². The van der Waals surface area contributed by atoms with Gasteiger partial charge in [0.1, 0.15) is 0 Å². The lowest BCUT2D eigenvalue weighted by Gasteiger charge is -2.63. The van der Waals surface area contributed by atoms with Gasteiger partial charge in [-0.15, -0.1) is 0 Å². The first-order chi connectivity index (χ1) is 16.9. The van der Waals surface area contributed by atoms with Crippen molar-refractivity contribution in [2.45, 2.75) is 95.3 Å². The van der Waals surface area contributed by atoms with E-state index in [1.807, 2.05) is 6.26 Å². The fourth-order valence-electron chi connectivity index (χ4n) is 8.92. The van der Waals surface area contributed by atoms with Crippen LogP contribution in [0.1, 0.15) is 83.1 Å². The number of ether oxygens (including phenoxy) is 1. The van der Waals surface area contributed by atoms with E-state index >= 15 is 0 Å². The van der Waals surface area contributed by atoms with Crippen LogP contribution in [0.25, 0.3) is 20.9 Å². The summed E-state index contributed by atoms with van der Waals surface area (Å²) in [5.74, 6) is 1.85. The number of hydrogen-bond acceptors (Lipinski definition) is 5. The van der Waals surface area contributed by atoms with Gasteiger partial charge >= 0.3 is 0 Å². The molecule has 0 radical (unpaired) electrons. The molecule has 0 bridgehead atoms. The third-order valence-electron chi connectivity index (χ3n) is 10.8. The highest BCUT2D eigenvalue weighted by Crippen LogP contribution is 2.70. The van der Waals surface area contributed by atoms with Crippen LogP contribution in [0.2, 0.25) is 0 Å². The van der Waals surface area contributed by atoms with Crippen LogP contribution in [-0.4, -0.2) is 36.0 Å². The highest BCUT2D eigenvalue weighted by molar-refractivity contribution is 5.26. The van der Waals surface area contributed by atoms with Crippen molar-refractivity contribution >= 4 is 0 Å². The molecular weight excluding hydrogens is 444 g/mol. The molecule has 0 saturated heterocycles. The number of rotatable bonds is 7. The third-order valence-corrected chi connectivity index (χ3v) is 10.8. The molecule has 190 valence electrons. The summed E-state index contributed by atoms with van der Waals surface area (Å²) >= 11 is 0. The first-order valence-corrected chi connectivity index (χ1v) is 13.3. The van der Waals surface area contributed by atoms with Crippen molar-refractivity contribution in [1.82, 2.24) is 0 Å². The second-order valence-corrected chi connectivity index (χ2v) is 12.0. The summed E-state index contributed by atoms with van der Waals surface area (Å²) in [4.78, 5) is 5.63. The first kappa shape index (κ1) is 24.5. The quantitative estimate of drug-likeness (QED) is 0.257. The van der Waals surface area contributed by atoms with E-state index in [0.717, 1.165) is 51.4 Å². The molecule has 5 rings (SSSR count). The minimum Gasteiger partial charge on any atom is -0.472 e. The van der Waals surface area contributed by atoms with Crippen molar-refractivity contribution in [1.29, 1.82) is 0 Å². The number of furan rings is 1. The zero-order chi connectivity index (χ0) is 24.7. The van der Waals surface area contributed by atoms with Gasteiger partial charge in [-0.1, -0.05) is 24.1 Å². The Kier molecular flexibility index (Phi) is 6.56. The standard InChI is InChI=1S/C26H38N6O3/c1-24-9-5-20(35-16-19(30-32-28)14-29-31-27)13-18(24)3-4-23-22(24)6-10-25(2)21(7-11-26(23,25)33)17-8-12-34-15-17/h8,12,15,18-23,33H,3-7,9-11,13-14,16H2,1-2H3/t18-,19?,20+,21-,22+,23-,24+,25-,26+/m1/s1. The Labute approximate surface area is 206 Å². The number of aliphatic hydroxyl groups is 1. The molecule has 1 aromatic heterocycles. The molecule has 4 aliphatic carbocycles. The van der Waals surface area contributed by atoms with Crippen LogP contribution in [0.3, 0.4) is 0 Å². The van der Waals surface area contributed by atoms with E-state index in [4.69, 9.17) is 20.2 Å². The van der Waals surface area contributed by atoms with Crippen molar-refractivity contribution in [3.05, 3.63) is 45.0 Å². The summed E-state index contributed by atoms with van der Waals surface area (Å²) in [5.41, 5.74) is 18.1. The molecule has 0 aliphatic heterocycles. The summed E-state index contributed by atoms with van der Waals surface area (Å²) in [6.45, 7) is 5.22. The van der Waals surface area contributed by atoms with Crippen molar-refractivity contribution < 1.29 is 14.3 Å². The van der Waals surface area contributed by atoms with Crippen molar-refractivity contribution in [2.24, 2.45) is 38.8 Å². The van der Waals surface area contributed by atoms with Gasteiger partial charge in [-0.25, -0.2) is 0 Å². The maximum absolute atomic E-state index is 12.3. The molecule has 4 aliphatic rings. The average Bonchev–Trinajstić information content (AvgIpc) is 3.46. The maximum Gasteiger partial charge on any atom is 0.0937 e.